The van der Waals surface area contributed by atoms with Gasteiger partial charge in [-0.2, -0.15) is 4.98 Å². The minimum Gasteiger partial charge on any atom is -0.493 e. The van der Waals surface area contributed by atoms with Crippen molar-refractivity contribution in [2.24, 2.45) is 0 Å². The molecule has 3 aromatic carbocycles. The standard InChI is InChI=1S/C26H25N3O5/c1-17(20-11-14-22(31-2)23(15-20)32-3)27-24(30)16-33-21-12-9-19(10-13-21)26-28-25(29-34-26)18-7-5-4-6-8-18/h4-15,17H,16H2,1-3H3,(H,27,30)/t17-/m0/s1. The third kappa shape index (κ3) is 5.35. The van der Waals surface area contributed by atoms with Gasteiger partial charge in [-0.15, -0.1) is 0 Å². The Bertz CT molecular complexity index is 1240. The zero-order chi connectivity index (χ0) is 23.9. The second kappa shape index (κ2) is 10.5. The van der Waals surface area contributed by atoms with E-state index in [-0.39, 0.29) is 18.6 Å². The van der Waals surface area contributed by atoms with Crippen LogP contribution in [0.3, 0.4) is 0 Å². The van der Waals surface area contributed by atoms with Crippen LogP contribution in [0.4, 0.5) is 0 Å². The second-order valence-electron chi connectivity index (χ2n) is 7.51. The van der Waals surface area contributed by atoms with Gasteiger partial charge in [0.05, 0.1) is 20.3 Å². The molecule has 174 valence electrons. The molecule has 1 atom stereocenters. The van der Waals surface area contributed by atoms with Crippen LogP contribution in [-0.4, -0.2) is 36.9 Å². The Morgan fingerprint density at radius 2 is 1.68 bits per heavy atom. The monoisotopic (exact) mass is 459 g/mol. The number of rotatable bonds is 9. The van der Waals surface area contributed by atoms with Gasteiger partial charge in [-0.05, 0) is 48.9 Å². The van der Waals surface area contributed by atoms with E-state index in [1.165, 1.54) is 0 Å². The van der Waals surface area contributed by atoms with Crippen molar-refractivity contribution in [3.05, 3.63) is 78.4 Å². The molecule has 0 saturated carbocycles. The first-order chi connectivity index (χ1) is 16.6. The van der Waals surface area contributed by atoms with Crippen LogP contribution in [0.25, 0.3) is 22.8 Å². The van der Waals surface area contributed by atoms with Gasteiger partial charge < -0.3 is 24.1 Å². The number of carbonyl (C=O) groups excluding carboxylic acids is 1. The number of ether oxygens (including phenoxy) is 3. The Morgan fingerprint density at radius 3 is 2.38 bits per heavy atom. The summed E-state index contributed by atoms with van der Waals surface area (Å²) in [6.45, 7) is 1.78. The van der Waals surface area contributed by atoms with Gasteiger partial charge in [0.25, 0.3) is 11.8 Å². The highest BCUT2D eigenvalue weighted by atomic mass is 16.5. The molecule has 0 aliphatic heterocycles. The first-order valence-corrected chi connectivity index (χ1v) is 10.7. The normalized spacial score (nSPS) is 11.5. The summed E-state index contributed by atoms with van der Waals surface area (Å²) in [7, 11) is 3.15. The number of benzene rings is 3. The summed E-state index contributed by atoms with van der Waals surface area (Å²) in [6.07, 6.45) is 0. The van der Waals surface area contributed by atoms with Gasteiger partial charge in [0.1, 0.15) is 5.75 Å². The van der Waals surface area contributed by atoms with Gasteiger partial charge in [0.15, 0.2) is 18.1 Å². The van der Waals surface area contributed by atoms with Gasteiger partial charge in [0, 0.05) is 11.1 Å². The van der Waals surface area contributed by atoms with E-state index in [4.69, 9.17) is 18.7 Å². The number of methoxy groups -OCH3 is 2. The Balaban J connectivity index is 1.32. The van der Waals surface area contributed by atoms with Crippen LogP contribution in [-0.2, 0) is 4.79 Å². The summed E-state index contributed by atoms with van der Waals surface area (Å²) in [4.78, 5) is 16.8. The molecule has 4 aromatic rings. The van der Waals surface area contributed by atoms with Gasteiger partial charge >= 0.3 is 0 Å². The fourth-order valence-electron chi connectivity index (χ4n) is 3.38. The molecule has 4 rings (SSSR count). The molecule has 1 heterocycles. The number of hydrogen-bond acceptors (Lipinski definition) is 7. The smallest absolute Gasteiger partial charge is 0.258 e. The zero-order valence-corrected chi connectivity index (χ0v) is 19.1. The van der Waals surface area contributed by atoms with Crippen molar-refractivity contribution in [1.82, 2.24) is 15.5 Å². The van der Waals surface area contributed by atoms with Crippen molar-refractivity contribution >= 4 is 5.91 Å². The van der Waals surface area contributed by atoms with E-state index in [9.17, 15) is 4.79 Å². The van der Waals surface area contributed by atoms with Gasteiger partial charge in [-0.3, -0.25) is 4.79 Å². The fraction of sp³-hybridized carbons (Fsp3) is 0.192. The Labute approximate surface area is 197 Å². The molecule has 34 heavy (non-hydrogen) atoms. The highest BCUT2D eigenvalue weighted by molar-refractivity contribution is 5.78. The molecule has 0 spiro atoms. The molecule has 1 amide bonds. The largest absolute Gasteiger partial charge is 0.493 e. The number of nitrogens with zero attached hydrogens (tertiary/aromatic N) is 2. The summed E-state index contributed by atoms with van der Waals surface area (Å²) >= 11 is 0. The summed E-state index contributed by atoms with van der Waals surface area (Å²) in [6, 6.07) is 22.0. The van der Waals surface area contributed by atoms with E-state index in [2.05, 4.69) is 15.5 Å². The highest BCUT2D eigenvalue weighted by Gasteiger charge is 2.14. The van der Waals surface area contributed by atoms with E-state index in [1.54, 1.807) is 32.4 Å². The highest BCUT2D eigenvalue weighted by Crippen LogP contribution is 2.30. The number of nitrogens with one attached hydrogen (secondary N) is 1. The molecule has 0 bridgehead atoms. The van der Waals surface area contributed by atoms with Crippen LogP contribution < -0.4 is 19.5 Å². The molecule has 0 aliphatic rings. The SMILES string of the molecule is COc1ccc([C@H](C)NC(=O)COc2ccc(-c3nc(-c4ccccc4)no3)cc2)cc1OC. The maximum absolute atomic E-state index is 12.4. The number of amides is 1. The third-order valence-electron chi connectivity index (χ3n) is 5.21. The maximum atomic E-state index is 12.4. The molecule has 8 heteroatoms. The summed E-state index contributed by atoms with van der Waals surface area (Å²) in [5, 5.41) is 6.95. The average Bonchev–Trinajstić information content (AvgIpc) is 3.38. The Kier molecular flexibility index (Phi) is 7.07. The van der Waals surface area contributed by atoms with E-state index < -0.39 is 0 Å². The van der Waals surface area contributed by atoms with Gasteiger partial charge in [-0.1, -0.05) is 41.6 Å². The summed E-state index contributed by atoms with van der Waals surface area (Å²) in [5.41, 5.74) is 2.53. The third-order valence-corrected chi connectivity index (χ3v) is 5.21. The average molecular weight is 460 g/mol. The molecule has 0 unspecified atom stereocenters. The Hall–Kier alpha value is -4.33. The lowest BCUT2D eigenvalue weighted by molar-refractivity contribution is -0.123. The fourth-order valence-corrected chi connectivity index (χ4v) is 3.38. The quantitative estimate of drug-likeness (QED) is 0.388. The molecule has 0 fully saturated rings. The lowest BCUT2D eigenvalue weighted by Gasteiger charge is -2.17. The predicted octanol–water partition coefficient (Wildman–Crippen LogP) is 4.68. The zero-order valence-electron chi connectivity index (χ0n) is 19.1. The first kappa shape index (κ1) is 22.8. The van der Waals surface area contributed by atoms with Crippen molar-refractivity contribution < 1.29 is 23.5 Å². The van der Waals surface area contributed by atoms with Crippen molar-refractivity contribution in [1.29, 1.82) is 0 Å². The lowest BCUT2D eigenvalue weighted by atomic mass is 10.1. The summed E-state index contributed by atoms with van der Waals surface area (Å²) in [5.74, 6) is 2.49. The lowest BCUT2D eigenvalue weighted by Crippen LogP contribution is -2.31. The number of hydrogen-bond donors (Lipinski definition) is 1. The van der Waals surface area contributed by atoms with E-state index in [0.717, 1.165) is 16.7 Å². The van der Waals surface area contributed by atoms with E-state index in [1.807, 2.05) is 61.5 Å². The van der Waals surface area contributed by atoms with Crippen LogP contribution in [0.1, 0.15) is 18.5 Å². The van der Waals surface area contributed by atoms with E-state index >= 15 is 0 Å². The Morgan fingerprint density at radius 1 is 0.941 bits per heavy atom. The maximum Gasteiger partial charge on any atom is 0.258 e. The first-order valence-electron chi connectivity index (χ1n) is 10.7. The molecular formula is C26H25N3O5. The van der Waals surface area contributed by atoms with Crippen molar-refractivity contribution in [3.63, 3.8) is 0 Å². The summed E-state index contributed by atoms with van der Waals surface area (Å²) < 4.78 is 21.6. The van der Waals surface area contributed by atoms with Crippen molar-refractivity contribution in [2.75, 3.05) is 20.8 Å². The van der Waals surface area contributed by atoms with Gasteiger partial charge in [-0.25, -0.2) is 0 Å². The topological polar surface area (TPSA) is 95.7 Å². The van der Waals surface area contributed by atoms with Crippen molar-refractivity contribution in [3.8, 4) is 40.1 Å². The molecule has 0 aliphatic carbocycles. The predicted molar refractivity (Wildman–Crippen MR) is 127 cm³/mol. The number of aromatic nitrogens is 2. The number of carbonyl (C=O) groups is 1. The molecular weight excluding hydrogens is 434 g/mol. The van der Waals surface area contributed by atoms with Gasteiger partial charge in [0.2, 0.25) is 5.82 Å². The molecule has 0 radical (unpaired) electrons. The van der Waals surface area contributed by atoms with Crippen LogP contribution >= 0.6 is 0 Å². The second-order valence-corrected chi connectivity index (χ2v) is 7.51. The minimum atomic E-state index is -0.240. The molecule has 0 saturated heterocycles. The van der Waals surface area contributed by atoms with Crippen molar-refractivity contribution in [2.45, 2.75) is 13.0 Å². The van der Waals surface area contributed by atoms with Crippen LogP contribution in [0.15, 0.2) is 77.3 Å². The van der Waals surface area contributed by atoms with Crippen LogP contribution in [0.2, 0.25) is 0 Å². The molecule has 8 nitrogen and oxygen atoms in total. The minimum absolute atomic E-state index is 0.115. The van der Waals surface area contributed by atoms with E-state index in [0.29, 0.717) is 29.0 Å². The van der Waals surface area contributed by atoms with Crippen LogP contribution in [0.5, 0.6) is 17.2 Å². The molecule has 1 aromatic heterocycles. The van der Waals surface area contributed by atoms with Crippen LogP contribution in [0, 0.1) is 0 Å². The molecule has 1 N–H and O–H groups in total.